The fourth-order valence-electron chi connectivity index (χ4n) is 8.97. The lowest BCUT2D eigenvalue weighted by Crippen LogP contribution is -2.24. The second-order valence-corrected chi connectivity index (χ2v) is 16.0. The maximum Gasteiger partial charge on any atom is 0.164 e. The van der Waals surface area contributed by atoms with Gasteiger partial charge in [0.25, 0.3) is 0 Å². The second kappa shape index (κ2) is 14.1. The van der Waals surface area contributed by atoms with E-state index in [0.29, 0.717) is 17.5 Å². The number of hydrogen-bond acceptors (Lipinski definition) is 4. The minimum Gasteiger partial charge on any atom is -0.208 e. The number of unbranched alkanes of at least 4 members (excludes halogenated alkanes) is 1. The van der Waals surface area contributed by atoms with E-state index in [9.17, 15) is 0 Å². The first kappa shape index (κ1) is 34.3. The van der Waals surface area contributed by atoms with E-state index in [2.05, 4.69) is 178 Å². The van der Waals surface area contributed by atoms with Gasteiger partial charge < -0.3 is 0 Å². The van der Waals surface area contributed by atoms with E-state index in [1.165, 1.54) is 72.0 Å². The summed E-state index contributed by atoms with van der Waals surface area (Å²) in [5.41, 5.74) is 13.1. The van der Waals surface area contributed by atoms with Crippen LogP contribution in [0.5, 0.6) is 0 Å². The van der Waals surface area contributed by atoms with Gasteiger partial charge in [0, 0.05) is 42.3 Å². The van der Waals surface area contributed by atoms with Crippen molar-refractivity contribution in [3.8, 4) is 67.5 Å². The molecule has 0 amide bonds. The second-order valence-electron chi connectivity index (χ2n) is 14.9. The maximum absolute atomic E-state index is 5.31. The van der Waals surface area contributed by atoms with Crippen LogP contribution < -0.4 is 0 Å². The highest BCUT2D eigenvalue weighted by atomic mass is 32.1. The third-order valence-electron chi connectivity index (χ3n) is 11.8. The zero-order chi connectivity index (χ0) is 37.6. The van der Waals surface area contributed by atoms with Gasteiger partial charge in [0.05, 0.1) is 0 Å². The minimum atomic E-state index is -0.0307. The van der Waals surface area contributed by atoms with Crippen LogP contribution >= 0.6 is 11.3 Å². The van der Waals surface area contributed by atoms with Gasteiger partial charge in [0.1, 0.15) is 0 Å². The van der Waals surface area contributed by atoms with Gasteiger partial charge in [-0.2, -0.15) is 0 Å². The van der Waals surface area contributed by atoms with Gasteiger partial charge >= 0.3 is 0 Å². The van der Waals surface area contributed by atoms with Crippen molar-refractivity contribution in [1.29, 1.82) is 0 Å². The molecule has 0 saturated heterocycles. The molecule has 2 heterocycles. The van der Waals surface area contributed by atoms with Crippen molar-refractivity contribution >= 4 is 31.5 Å². The number of benzene rings is 7. The molecule has 1 aliphatic carbocycles. The van der Waals surface area contributed by atoms with Crippen LogP contribution in [0.15, 0.2) is 164 Å². The zero-order valence-corrected chi connectivity index (χ0v) is 32.5. The quantitative estimate of drug-likeness (QED) is 0.148. The third-order valence-corrected chi connectivity index (χ3v) is 13.1. The molecule has 2 aromatic heterocycles. The summed E-state index contributed by atoms with van der Waals surface area (Å²) >= 11 is 1.86. The maximum atomic E-state index is 5.31. The van der Waals surface area contributed by atoms with Gasteiger partial charge in [-0.1, -0.05) is 184 Å². The normalized spacial score (nSPS) is 14.6. The lowest BCUT2D eigenvalue weighted by molar-refractivity contribution is 0.447. The van der Waals surface area contributed by atoms with Crippen molar-refractivity contribution < 1.29 is 0 Å². The van der Waals surface area contributed by atoms with Gasteiger partial charge in [-0.25, -0.2) is 15.0 Å². The first-order valence-electron chi connectivity index (χ1n) is 19.8. The van der Waals surface area contributed by atoms with Crippen LogP contribution in [-0.4, -0.2) is 15.0 Å². The molecule has 0 N–H and O–H groups in total. The Balaban J connectivity index is 1.12. The zero-order valence-electron chi connectivity index (χ0n) is 31.7. The number of aromatic nitrogens is 3. The Kier molecular flexibility index (Phi) is 8.64. The van der Waals surface area contributed by atoms with E-state index in [1.807, 2.05) is 11.3 Å². The molecule has 4 heteroatoms. The van der Waals surface area contributed by atoms with Crippen molar-refractivity contribution in [2.75, 3.05) is 0 Å². The average molecular weight is 740 g/mol. The minimum absolute atomic E-state index is 0.0307. The van der Waals surface area contributed by atoms with E-state index < -0.39 is 0 Å². The Morgan fingerprint density at radius 2 is 1.00 bits per heavy atom. The van der Waals surface area contributed by atoms with Crippen molar-refractivity contribution in [3.05, 3.63) is 175 Å². The van der Waals surface area contributed by atoms with E-state index >= 15 is 0 Å². The number of fused-ring (bicyclic) bond motifs is 6. The summed E-state index contributed by atoms with van der Waals surface area (Å²) in [4.78, 5) is 15.8. The molecule has 0 spiro atoms. The molecule has 0 aliphatic heterocycles. The molecule has 0 saturated carbocycles. The first-order chi connectivity index (χ1) is 27.6. The van der Waals surface area contributed by atoms with Crippen LogP contribution in [0.4, 0.5) is 0 Å². The number of hydrogen-bond donors (Lipinski definition) is 0. The van der Waals surface area contributed by atoms with Gasteiger partial charge in [-0.05, 0) is 63.4 Å². The average Bonchev–Trinajstić information content (AvgIpc) is 3.80. The number of thiophene rings is 1. The molecule has 10 rings (SSSR count). The van der Waals surface area contributed by atoms with Crippen molar-refractivity contribution in [3.63, 3.8) is 0 Å². The Labute approximate surface area is 332 Å². The first-order valence-corrected chi connectivity index (χ1v) is 20.6. The van der Waals surface area contributed by atoms with Crippen LogP contribution in [0, 0.1) is 0 Å². The summed E-state index contributed by atoms with van der Waals surface area (Å²) in [7, 11) is 0. The Hall–Kier alpha value is -6.23. The van der Waals surface area contributed by atoms with E-state index in [1.54, 1.807) is 0 Å². The van der Waals surface area contributed by atoms with Gasteiger partial charge in [-0.15, -0.1) is 11.3 Å². The molecule has 270 valence electrons. The summed E-state index contributed by atoms with van der Waals surface area (Å²) in [6.45, 7) is 4.64. The molecule has 56 heavy (non-hydrogen) atoms. The topological polar surface area (TPSA) is 38.7 Å². The molecule has 0 bridgehead atoms. The van der Waals surface area contributed by atoms with Crippen LogP contribution in [-0.2, 0) is 5.41 Å². The van der Waals surface area contributed by atoms with Gasteiger partial charge in [0.15, 0.2) is 17.5 Å². The summed E-state index contributed by atoms with van der Waals surface area (Å²) in [5.74, 6) is 2.03. The lowest BCUT2D eigenvalue weighted by atomic mass is 9.72. The molecule has 1 atom stereocenters. The van der Waals surface area contributed by atoms with Crippen LogP contribution in [0.1, 0.15) is 50.7 Å². The Morgan fingerprint density at radius 1 is 0.446 bits per heavy atom. The molecule has 1 aliphatic rings. The standard InChI is InChI=1S/C52H41N3S/c1-3-5-33-52(4-2)44-22-11-9-18-42(44)47-43(21-14-23-45(47)52)51-54-49(37-29-25-35(26-30-37)34-15-7-6-8-16-34)53-50(55-51)38-31-27-36(28-32-38)39-19-13-20-41-40-17-10-12-24-46(40)56-48(39)41/h6-32H,3-5,33H2,1-2H3. The molecule has 3 nitrogen and oxygen atoms in total. The predicted octanol–water partition coefficient (Wildman–Crippen LogP) is 14.4. The van der Waals surface area contributed by atoms with E-state index in [-0.39, 0.29) is 5.41 Å². The Morgan fingerprint density at radius 3 is 1.75 bits per heavy atom. The van der Waals surface area contributed by atoms with Crippen molar-refractivity contribution in [2.24, 2.45) is 0 Å². The van der Waals surface area contributed by atoms with Crippen molar-refractivity contribution in [2.45, 2.75) is 44.9 Å². The number of nitrogens with zero attached hydrogens (tertiary/aromatic N) is 3. The summed E-state index contributed by atoms with van der Waals surface area (Å²) in [6.07, 6.45) is 4.51. The Bertz CT molecular complexity index is 2870. The molecule has 1 unspecified atom stereocenters. The highest BCUT2D eigenvalue weighted by Crippen LogP contribution is 2.55. The molecular weight excluding hydrogens is 699 g/mol. The third kappa shape index (κ3) is 5.67. The molecule has 9 aromatic rings. The van der Waals surface area contributed by atoms with Crippen LogP contribution in [0.2, 0.25) is 0 Å². The van der Waals surface area contributed by atoms with Gasteiger partial charge in [-0.3, -0.25) is 0 Å². The predicted molar refractivity (Wildman–Crippen MR) is 236 cm³/mol. The number of rotatable bonds is 9. The van der Waals surface area contributed by atoms with E-state index in [4.69, 9.17) is 15.0 Å². The highest BCUT2D eigenvalue weighted by molar-refractivity contribution is 7.26. The van der Waals surface area contributed by atoms with Gasteiger partial charge in [0.2, 0.25) is 0 Å². The van der Waals surface area contributed by atoms with Crippen molar-refractivity contribution in [1.82, 2.24) is 15.0 Å². The fraction of sp³-hybridized carbons (Fsp3) is 0.135. The molecule has 0 fully saturated rings. The molecule has 0 radical (unpaired) electrons. The van der Waals surface area contributed by atoms with Crippen LogP contribution in [0.25, 0.3) is 87.7 Å². The SMILES string of the molecule is CCCCC1(CC)c2ccccc2-c2c(-c3nc(-c4ccc(-c5ccccc5)cc4)nc(-c4ccc(-c5cccc6c5sc5ccccc56)cc4)n3)cccc21. The smallest absolute Gasteiger partial charge is 0.164 e. The monoisotopic (exact) mass is 739 g/mol. The summed E-state index contributed by atoms with van der Waals surface area (Å²) in [6, 6.07) is 58.9. The molecule has 7 aromatic carbocycles. The molecular formula is C52H41N3S. The highest BCUT2D eigenvalue weighted by Gasteiger charge is 2.42. The summed E-state index contributed by atoms with van der Waals surface area (Å²) in [5, 5.41) is 2.61. The van der Waals surface area contributed by atoms with Crippen LogP contribution in [0.3, 0.4) is 0 Å². The summed E-state index contributed by atoms with van der Waals surface area (Å²) < 4.78 is 2.62. The largest absolute Gasteiger partial charge is 0.208 e. The lowest BCUT2D eigenvalue weighted by Gasteiger charge is -2.31. The van der Waals surface area contributed by atoms with E-state index in [0.717, 1.165) is 35.1 Å². The fourth-order valence-corrected chi connectivity index (χ4v) is 10.2.